The molecule has 0 radical (unpaired) electrons. The topological polar surface area (TPSA) is 32.3 Å². The first-order chi connectivity index (χ1) is 9.61. The van der Waals surface area contributed by atoms with Gasteiger partial charge in [-0.05, 0) is 36.9 Å². The largest absolute Gasteiger partial charge is 0.340 e. The Bertz CT molecular complexity index is 580. The summed E-state index contributed by atoms with van der Waals surface area (Å²) < 4.78 is 12.9. The third-order valence-electron chi connectivity index (χ3n) is 2.99. The molecule has 0 atom stereocenters. The van der Waals surface area contributed by atoms with E-state index in [4.69, 9.17) is 0 Å². The van der Waals surface area contributed by atoms with E-state index in [2.05, 4.69) is 5.32 Å². The van der Waals surface area contributed by atoms with Gasteiger partial charge in [0.15, 0.2) is 0 Å². The molecule has 0 bridgehead atoms. The van der Waals surface area contributed by atoms with Crippen LogP contribution in [0.15, 0.2) is 36.4 Å². The Hall–Kier alpha value is -1.72. The fourth-order valence-electron chi connectivity index (χ4n) is 1.79. The minimum atomic E-state index is -0.256. The smallest absolute Gasteiger partial charge is 0.263 e. The second-order valence-electron chi connectivity index (χ2n) is 4.50. The zero-order chi connectivity index (χ0) is 14.5. The summed E-state index contributed by atoms with van der Waals surface area (Å²) in [7, 11) is 3.65. The molecule has 1 N–H and O–H groups in total. The zero-order valence-corrected chi connectivity index (χ0v) is 12.3. The van der Waals surface area contributed by atoms with Crippen molar-refractivity contribution < 1.29 is 9.18 Å². The van der Waals surface area contributed by atoms with E-state index < -0.39 is 0 Å². The Labute approximate surface area is 122 Å². The maximum Gasteiger partial charge on any atom is 0.263 e. The molecule has 0 saturated heterocycles. The Balaban J connectivity index is 2.12. The average Bonchev–Trinajstić information content (AvgIpc) is 2.94. The predicted octanol–water partition coefficient (Wildman–Crippen LogP) is 2.85. The minimum absolute atomic E-state index is 0.0126. The second-order valence-corrected chi connectivity index (χ2v) is 5.58. The van der Waals surface area contributed by atoms with E-state index in [0.29, 0.717) is 11.4 Å². The van der Waals surface area contributed by atoms with Gasteiger partial charge in [-0.15, -0.1) is 11.3 Å². The van der Waals surface area contributed by atoms with E-state index in [-0.39, 0.29) is 11.7 Å². The first-order valence-electron chi connectivity index (χ1n) is 6.37. The molecule has 1 heterocycles. The predicted molar refractivity (Wildman–Crippen MR) is 80.6 cm³/mol. The van der Waals surface area contributed by atoms with E-state index in [1.165, 1.54) is 23.5 Å². The number of carbonyl (C=O) groups is 1. The number of halogens is 1. The van der Waals surface area contributed by atoms with Gasteiger partial charge in [-0.1, -0.05) is 12.1 Å². The van der Waals surface area contributed by atoms with Crippen molar-refractivity contribution in [2.75, 3.05) is 27.2 Å². The highest BCUT2D eigenvalue weighted by Gasteiger charge is 2.14. The van der Waals surface area contributed by atoms with Crippen molar-refractivity contribution in [3.8, 4) is 10.4 Å². The molecule has 106 valence electrons. The lowest BCUT2D eigenvalue weighted by Gasteiger charge is -2.15. The summed E-state index contributed by atoms with van der Waals surface area (Å²) >= 11 is 1.43. The van der Waals surface area contributed by atoms with E-state index in [9.17, 15) is 9.18 Å². The van der Waals surface area contributed by atoms with Crippen LogP contribution in [0.2, 0.25) is 0 Å². The van der Waals surface area contributed by atoms with Crippen molar-refractivity contribution in [3.05, 3.63) is 47.1 Å². The number of amides is 1. The lowest BCUT2D eigenvalue weighted by Crippen LogP contribution is -2.32. The van der Waals surface area contributed by atoms with Crippen molar-refractivity contribution in [1.29, 1.82) is 0 Å². The molecular weight excluding hydrogens is 275 g/mol. The van der Waals surface area contributed by atoms with Crippen LogP contribution in [0, 0.1) is 5.82 Å². The first kappa shape index (κ1) is 14.7. The van der Waals surface area contributed by atoms with Crippen molar-refractivity contribution in [2.24, 2.45) is 0 Å². The summed E-state index contributed by atoms with van der Waals surface area (Å²) in [4.78, 5) is 15.6. The van der Waals surface area contributed by atoms with Crippen molar-refractivity contribution >= 4 is 17.2 Å². The van der Waals surface area contributed by atoms with Gasteiger partial charge >= 0.3 is 0 Å². The van der Waals surface area contributed by atoms with E-state index in [1.54, 1.807) is 24.1 Å². The van der Waals surface area contributed by atoms with Gasteiger partial charge in [-0.2, -0.15) is 0 Å². The summed E-state index contributed by atoms with van der Waals surface area (Å²) in [5.41, 5.74) is 0.924. The minimum Gasteiger partial charge on any atom is -0.340 e. The van der Waals surface area contributed by atoms with Crippen LogP contribution in [0.5, 0.6) is 0 Å². The molecule has 1 aromatic carbocycles. The fourth-order valence-corrected chi connectivity index (χ4v) is 2.80. The Kier molecular flexibility index (Phi) is 4.87. The number of benzene rings is 1. The van der Waals surface area contributed by atoms with E-state index >= 15 is 0 Å². The van der Waals surface area contributed by atoms with Gasteiger partial charge in [-0.25, -0.2) is 4.39 Å². The van der Waals surface area contributed by atoms with E-state index in [1.807, 2.05) is 19.2 Å². The maximum atomic E-state index is 12.9. The number of hydrogen-bond acceptors (Lipinski definition) is 3. The third kappa shape index (κ3) is 3.43. The summed E-state index contributed by atoms with van der Waals surface area (Å²) in [6.45, 7) is 1.43. The van der Waals surface area contributed by atoms with Crippen LogP contribution in [0.3, 0.4) is 0 Å². The van der Waals surface area contributed by atoms with Crippen LogP contribution in [-0.2, 0) is 0 Å². The van der Waals surface area contributed by atoms with Crippen LogP contribution in [-0.4, -0.2) is 38.0 Å². The monoisotopic (exact) mass is 292 g/mol. The molecule has 1 aromatic heterocycles. The lowest BCUT2D eigenvalue weighted by atomic mass is 10.2. The molecule has 0 saturated carbocycles. The molecular formula is C15H17FN2OS. The maximum absolute atomic E-state index is 12.9. The van der Waals surface area contributed by atoms with Crippen molar-refractivity contribution in [1.82, 2.24) is 10.2 Å². The third-order valence-corrected chi connectivity index (χ3v) is 4.11. The van der Waals surface area contributed by atoms with Gasteiger partial charge in [0.05, 0.1) is 4.88 Å². The van der Waals surface area contributed by atoms with Gasteiger partial charge in [0, 0.05) is 25.0 Å². The molecule has 3 nitrogen and oxygen atoms in total. The number of likely N-dealkylation sites (N-methyl/N-ethyl adjacent to an activating group) is 2. The van der Waals surface area contributed by atoms with Crippen LogP contribution in [0.1, 0.15) is 9.67 Å². The highest BCUT2D eigenvalue weighted by Crippen LogP contribution is 2.28. The van der Waals surface area contributed by atoms with Crippen LogP contribution in [0.25, 0.3) is 10.4 Å². The molecule has 0 aliphatic rings. The van der Waals surface area contributed by atoms with Crippen molar-refractivity contribution in [3.63, 3.8) is 0 Å². The summed E-state index contributed by atoms with van der Waals surface area (Å²) in [5, 5.41) is 3.02. The summed E-state index contributed by atoms with van der Waals surface area (Å²) in [6, 6.07) is 10.0. The lowest BCUT2D eigenvalue weighted by molar-refractivity contribution is 0.0801. The molecule has 2 aromatic rings. The zero-order valence-electron chi connectivity index (χ0n) is 11.5. The van der Waals surface area contributed by atoms with Gasteiger partial charge < -0.3 is 10.2 Å². The second kappa shape index (κ2) is 6.63. The molecule has 20 heavy (non-hydrogen) atoms. The van der Waals surface area contributed by atoms with E-state index in [0.717, 1.165) is 17.0 Å². The number of nitrogens with one attached hydrogen (secondary N) is 1. The highest BCUT2D eigenvalue weighted by atomic mass is 32.1. The van der Waals surface area contributed by atoms with Crippen LogP contribution < -0.4 is 5.32 Å². The van der Waals surface area contributed by atoms with Gasteiger partial charge in [0.25, 0.3) is 5.91 Å². The number of rotatable bonds is 5. The Morgan fingerprint density at radius 3 is 2.60 bits per heavy atom. The molecule has 0 unspecified atom stereocenters. The number of thiophene rings is 1. The standard InChI is InChI=1S/C15H17FN2OS/c1-17-9-10-18(2)15(19)14-8-7-13(20-14)11-3-5-12(16)6-4-11/h3-8,17H,9-10H2,1-2H3. The average molecular weight is 292 g/mol. The Morgan fingerprint density at radius 2 is 1.95 bits per heavy atom. The number of hydrogen-bond donors (Lipinski definition) is 1. The van der Waals surface area contributed by atoms with Crippen LogP contribution >= 0.6 is 11.3 Å². The summed E-state index contributed by atoms with van der Waals surface area (Å²) in [5.74, 6) is -0.244. The van der Waals surface area contributed by atoms with Gasteiger partial charge in [-0.3, -0.25) is 4.79 Å². The SMILES string of the molecule is CNCCN(C)C(=O)c1ccc(-c2ccc(F)cc2)s1. The van der Waals surface area contributed by atoms with Crippen molar-refractivity contribution in [2.45, 2.75) is 0 Å². The molecule has 0 fully saturated rings. The number of carbonyl (C=O) groups excluding carboxylic acids is 1. The quantitative estimate of drug-likeness (QED) is 0.919. The number of nitrogens with zero attached hydrogens (tertiary/aromatic N) is 1. The Morgan fingerprint density at radius 1 is 1.25 bits per heavy atom. The molecule has 5 heteroatoms. The molecule has 1 amide bonds. The normalized spacial score (nSPS) is 10.6. The molecule has 0 spiro atoms. The molecule has 0 aliphatic carbocycles. The molecule has 0 aliphatic heterocycles. The van der Waals surface area contributed by atoms with Gasteiger partial charge in [0.1, 0.15) is 5.82 Å². The van der Waals surface area contributed by atoms with Crippen LogP contribution in [0.4, 0.5) is 4.39 Å². The molecule has 2 rings (SSSR count). The van der Waals surface area contributed by atoms with Gasteiger partial charge in [0.2, 0.25) is 0 Å². The fraction of sp³-hybridized carbons (Fsp3) is 0.267. The highest BCUT2D eigenvalue weighted by molar-refractivity contribution is 7.17. The first-order valence-corrected chi connectivity index (χ1v) is 7.19. The summed E-state index contributed by atoms with van der Waals surface area (Å²) in [6.07, 6.45) is 0.